The normalized spacial score (nSPS) is 14.9. The van der Waals surface area contributed by atoms with Crippen LogP contribution in [0.5, 0.6) is 0 Å². The summed E-state index contributed by atoms with van der Waals surface area (Å²) in [6.07, 6.45) is 3.04. The molecule has 1 saturated carbocycles. The minimum atomic E-state index is 0.422. The number of benzene rings is 1. The second-order valence-electron chi connectivity index (χ2n) is 4.43. The van der Waals surface area contributed by atoms with E-state index in [2.05, 4.69) is 10.3 Å². The molecule has 4 nitrogen and oxygen atoms in total. The highest BCUT2D eigenvalue weighted by molar-refractivity contribution is 5.84. The van der Waals surface area contributed by atoms with Crippen LogP contribution in [0.15, 0.2) is 24.3 Å². The van der Waals surface area contributed by atoms with Crippen LogP contribution in [0.4, 0.5) is 0 Å². The summed E-state index contributed by atoms with van der Waals surface area (Å²) in [6.45, 7) is 2.04. The van der Waals surface area contributed by atoms with Crippen LogP contribution >= 0.6 is 0 Å². The van der Waals surface area contributed by atoms with E-state index in [1.165, 1.54) is 0 Å². The van der Waals surface area contributed by atoms with Crippen LogP contribution in [0.25, 0.3) is 11.3 Å². The Hall–Kier alpha value is -1.97. The lowest BCUT2D eigenvalue weighted by Gasteiger charge is -2.08. The maximum atomic E-state index is 11.1. The van der Waals surface area contributed by atoms with Gasteiger partial charge in [-0.3, -0.25) is 4.79 Å². The predicted molar refractivity (Wildman–Crippen MR) is 63.9 cm³/mol. The van der Waals surface area contributed by atoms with Gasteiger partial charge in [0.2, 0.25) is 0 Å². The molecule has 0 saturated heterocycles. The lowest BCUT2D eigenvalue weighted by Crippen LogP contribution is -2.01. The molecule has 0 amide bonds. The van der Waals surface area contributed by atoms with E-state index in [1.807, 2.05) is 35.9 Å². The van der Waals surface area contributed by atoms with Crippen LogP contribution in [0.2, 0.25) is 0 Å². The Labute approximate surface area is 99.3 Å². The van der Waals surface area contributed by atoms with E-state index >= 15 is 0 Å². The summed E-state index contributed by atoms with van der Waals surface area (Å²) in [5.74, 6) is 0. The lowest BCUT2D eigenvalue weighted by atomic mass is 10.0. The Morgan fingerprint density at radius 1 is 1.35 bits per heavy atom. The molecule has 0 unspecified atom stereocenters. The number of carbonyl (C=O) groups excluding carboxylic acids is 1. The molecule has 1 aliphatic carbocycles. The van der Waals surface area contributed by atoms with Gasteiger partial charge in [-0.25, -0.2) is 4.68 Å². The summed E-state index contributed by atoms with van der Waals surface area (Å²) in [5.41, 5.74) is 3.48. The molecule has 86 valence electrons. The highest BCUT2D eigenvalue weighted by Crippen LogP contribution is 2.38. The van der Waals surface area contributed by atoms with Gasteiger partial charge in [0.1, 0.15) is 0 Å². The van der Waals surface area contributed by atoms with Gasteiger partial charge in [-0.2, -0.15) is 0 Å². The zero-order valence-electron chi connectivity index (χ0n) is 9.63. The third-order valence-corrected chi connectivity index (χ3v) is 3.13. The average molecular weight is 227 g/mol. The van der Waals surface area contributed by atoms with Crippen molar-refractivity contribution in [2.24, 2.45) is 0 Å². The zero-order chi connectivity index (χ0) is 11.8. The lowest BCUT2D eigenvalue weighted by molar-refractivity contribution is 0.111. The second-order valence-corrected chi connectivity index (χ2v) is 4.43. The first kappa shape index (κ1) is 10.2. The molecule has 0 aliphatic heterocycles. The van der Waals surface area contributed by atoms with E-state index < -0.39 is 0 Å². The molecule has 3 rings (SSSR count). The Morgan fingerprint density at radius 3 is 2.76 bits per heavy atom. The number of rotatable bonds is 3. The number of hydrogen-bond acceptors (Lipinski definition) is 3. The van der Waals surface area contributed by atoms with Crippen molar-refractivity contribution in [3.8, 4) is 11.3 Å². The highest BCUT2D eigenvalue weighted by Gasteiger charge is 2.29. The van der Waals surface area contributed by atoms with Gasteiger partial charge in [0.25, 0.3) is 0 Å². The van der Waals surface area contributed by atoms with Gasteiger partial charge in [-0.15, -0.1) is 5.10 Å². The average Bonchev–Trinajstić information content (AvgIpc) is 3.10. The quantitative estimate of drug-likeness (QED) is 0.756. The molecule has 0 radical (unpaired) electrons. The molecule has 1 fully saturated rings. The van der Waals surface area contributed by atoms with E-state index in [-0.39, 0.29) is 0 Å². The topological polar surface area (TPSA) is 47.8 Å². The standard InChI is InChI=1S/C13H13N3O/c1-9-4-2-3-5-11(9)13-12(8-17)14-15-16(13)10-6-7-10/h2-5,8,10H,6-7H2,1H3. The van der Waals surface area contributed by atoms with Gasteiger partial charge in [-0.05, 0) is 25.3 Å². The Balaban J connectivity index is 2.21. The molecule has 1 aliphatic rings. The van der Waals surface area contributed by atoms with Gasteiger partial charge in [-0.1, -0.05) is 29.5 Å². The molecule has 17 heavy (non-hydrogen) atoms. The third-order valence-electron chi connectivity index (χ3n) is 3.13. The molecule has 1 aromatic carbocycles. The minimum Gasteiger partial charge on any atom is -0.296 e. The number of carbonyl (C=O) groups is 1. The number of aryl methyl sites for hydroxylation is 1. The van der Waals surface area contributed by atoms with E-state index in [0.29, 0.717) is 11.7 Å². The van der Waals surface area contributed by atoms with Gasteiger partial charge < -0.3 is 0 Å². The molecule has 4 heteroatoms. The zero-order valence-corrected chi connectivity index (χ0v) is 9.63. The van der Waals surface area contributed by atoms with Crippen LogP contribution in [-0.4, -0.2) is 21.3 Å². The van der Waals surface area contributed by atoms with E-state index in [9.17, 15) is 4.79 Å². The van der Waals surface area contributed by atoms with E-state index in [4.69, 9.17) is 0 Å². The van der Waals surface area contributed by atoms with Crippen LogP contribution in [0.1, 0.15) is 34.9 Å². The first-order chi connectivity index (χ1) is 8.31. The highest BCUT2D eigenvalue weighted by atomic mass is 16.1. The van der Waals surface area contributed by atoms with E-state index in [0.717, 1.165) is 35.9 Å². The van der Waals surface area contributed by atoms with Crippen molar-refractivity contribution in [2.75, 3.05) is 0 Å². The summed E-state index contributed by atoms with van der Waals surface area (Å²) in [6, 6.07) is 8.44. The first-order valence-electron chi connectivity index (χ1n) is 5.77. The van der Waals surface area contributed by atoms with Gasteiger partial charge in [0.05, 0.1) is 11.7 Å². The summed E-state index contributed by atoms with van der Waals surface area (Å²) in [5, 5.41) is 8.06. The van der Waals surface area contributed by atoms with Crippen molar-refractivity contribution >= 4 is 6.29 Å². The van der Waals surface area contributed by atoms with Crippen LogP contribution in [-0.2, 0) is 0 Å². The van der Waals surface area contributed by atoms with Crippen molar-refractivity contribution < 1.29 is 4.79 Å². The van der Waals surface area contributed by atoms with Crippen LogP contribution in [0.3, 0.4) is 0 Å². The monoisotopic (exact) mass is 227 g/mol. The number of hydrogen-bond donors (Lipinski definition) is 0. The minimum absolute atomic E-state index is 0.422. The Kier molecular flexibility index (Phi) is 2.28. The molecular weight excluding hydrogens is 214 g/mol. The second kappa shape index (κ2) is 3.80. The van der Waals surface area contributed by atoms with Crippen molar-refractivity contribution in [3.05, 3.63) is 35.5 Å². The van der Waals surface area contributed by atoms with Crippen molar-refractivity contribution in [2.45, 2.75) is 25.8 Å². The summed E-state index contributed by atoms with van der Waals surface area (Å²) in [4.78, 5) is 11.1. The largest absolute Gasteiger partial charge is 0.296 e. The fraction of sp³-hybridized carbons (Fsp3) is 0.308. The Morgan fingerprint density at radius 2 is 2.12 bits per heavy atom. The fourth-order valence-electron chi connectivity index (χ4n) is 2.06. The first-order valence-corrected chi connectivity index (χ1v) is 5.77. The smallest absolute Gasteiger partial charge is 0.172 e. The van der Waals surface area contributed by atoms with Crippen molar-refractivity contribution in [1.82, 2.24) is 15.0 Å². The molecular formula is C13H13N3O. The Bertz CT molecular complexity index is 570. The SMILES string of the molecule is Cc1ccccc1-c1c(C=O)nnn1C1CC1. The molecule has 2 aromatic rings. The van der Waals surface area contributed by atoms with Gasteiger partial charge >= 0.3 is 0 Å². The van der Waals surface area contributed by atoms with Crippen molar-refractivity contribution in [3.63, 3.8) is 0 Å². The number of nitrogens with zero attached hydrogens (tertiary/aromatic N) is 3. The van der Waals surface area contributed by atoms with Gasteiger partial charge in [0, 0.05) is 5.56 Å². The molecule has 1 aromatic heterocycles. The predicted octanol–water partition coefficient (Wildman–Crippen LogP) is 2.40. The summed E-state index contributed by atoms with van der Waals surface area (Å²) < 4.78 is 1.89. The van der Waals surface area contributed by atoms with Crippen LogP contribution in [0, 0.1) is 6.92 Å². The van der Waals surface area contributed by atoms with Crippen LogP contribution < -0.4 is 0 Å². The number of aromatic nitrogens is 3. The molecule has 0 bridgehead atoms. The fourth-order valence-corrected chi connectivity index (χ4v) is 2.06. The number of aldehydes is 1. The maximum absolute atomic E-state index is 11.1. The summed E-state index contributed by atoms with van der Waals surface area (Å²) >= 11 is 0. The van der Waals surface area contributed by atoms with E-state index in [1.54, 1.807) is 0 Å². The molecule has 0 N–H and O–H groups in total. The third kappa shape index (κ3) is 1.65. The van der Waals surface area contributed by atoms with Crippen molar-refractivity contribution in [1.29, 1.82) is 0 Å². The maximum Gasteiger partial charge on any atom is 0.172 e. The molecule has 0 spiro atoms. The summed E-state index contributed by atoms with van der Waals surface area (Å²) in [7, 11) is 0. The molecule has 1 heterocycles. The van der Waals surface area contributed by atoms with Gasteiger partial charge in [0.15, 0.2) is 12.0 Å². The molecule has 0 atom stereocenters.